The molecule has 2 amide bonds. The summed E-state index contributed by atoms with van der Waals surface area (Å²) in [4.78, 5) is 24.5. The Morgan fingerprint density at radius 3 is 2.56 bits per heavy atom. The van der Waals surface area contributed by atoms with Gasteiger partial charge in [0.05, 0.1) is 14.9 Å². The fraction of sp³-hybridized carbons (Fsp3) is 0. The van der Waals surface area contributed by atoms with Crippen LogP contribution in [0.15, 0.2) is 52.3 Å². The number of hydrogen-bond donors (Lipinski definition) is 3. The van der Waals surface area contributed by atoms with Gasteiger partial charge in [0.2, 0.25) is 0 Å². The number of thiophene rings is 1. The van der Waals surface area contributed by atoms with E-state index in [2.05, 4.69) is 16.2 Å². The van der Waals surface area contributed by atoms with Crippen LogP contribution in [0.1, 0.15) is 20.2 Å². The van der Waals surface area contributed by atoms with E-state index >= 15 is 0 Å². The minimum absolute atomic E-state index is 0.0229. The summed E-state index contributed by atoms with van der Waals surface area (Å²) in [7, 11) is 0. The third-order valence-corrected chi connectivity index (χ3v) is 5.20. The van der Waals surface area contributed by atoms with Gasteiger partial charge in [0.15, 0.2) is 10.9 Å². The first-order valence-corrected chi connectivity index (χ1v) is 9.49. The molecule has 0 radical (unpaired) electrons. The number of nitrogens with one attached hydrogen (secondary N) is 3. The number of benzene rings is 1. The third-order valence-electron chi connectivity index (χ3n) is 3.31. The summed E-state index contributed by atoms with van der Waals surface area (Å²) in [5.41, 5.74) is 5.40. The second kappa shape index (κ2) is 8.53. The molecule has 3 rings (SSSR count). The monoisotopic (exact) mass is 439 g/mol. The van der Waals surface area contributed by atoms with Crippen molar-refractivity contribution in [3.05, 3.63) is 68.5 Å². The fourth-order valence-electron chi connectivity index (χ4n) is 2.08. The van der Waals surface area contributed by atoms with Gasteiger partial charge in [-0.3, -0.25) is 25.8 Å². The van der Waals surface area contributed by atoms with E-state index in [1.54, 1.807) is 41.8 Å². The van der Waals surface area contributed by atoms with Gasteiger partial charge in [-0.2, -0.15) is 0 Å². The van der Waals surface area contributed by atoms with Gasteiger partial charge in [0.1, 0.15) is 5.76 Å². The average Bonchev–Trinajstić information content (AvgIpc) is 3.34. The zero-order valence-corrected chi connectivity index (χ0v) is 16.6. The van der Waals surface area contributed by atoms with E-state index in [1.165, 1.54) is 17.4 Å². The lowest BCUT2D eigenvalue weighted by Crippen LogP contribution is -2.48. The van der Waals surface area contributed by atoms with Crippen molar-refractivity contribution in [3.8, 4) is 11.3 Å². The van der Waals surface area contributed by atoms with Crippen LogP contribution in [-0.4, -0.2) is 16.9 Å². The Morgan fingerprint density at radius 2 is 1.81 bits per heavy atom. The van der Waals surface area contributed by atoms with Gasteiger partial charge in [-0.15, -0.1) is 11.3 Å². The van der Waals surface area contributed by atoms with Crippen LogP contribution in [0, 0.1) is 0 Å². The zero-order chi connectivity index (χ0) is 19.4. The molecule has 0 saturated carbocycles. The van der Waals surface area contributed by atoms with Crippen molar-refractivity contribution in [3.63, 3.8) is 0 Å². The number of hydrogen-bond acceptors (Lipinski definition) is 5. The molecular formula is C17H11Cl2N3O3S2. The lowest BCUT2D eigenvalue weighted by atomic mass is 10.2. The summed E-state index contributed by atoms with van der Waals surface area (Å²) < 4.78 is 5.52. The minimum Gasteiger partial charge on any atom is -0.451 e. The first-order valence-electron chi connectivity index (χ1n) is 7.45. The third kappa shape index (κ3) is 4.67. The molecule has 0 fully saturated rings. The van der Waals surface area contributed by atoms with E-state index in [0.717, 1.165) is 0 Å². The number of carbonyl (C=O) groups excluding carboxylic acids is 2. The molecule has 2 heterocycles. The fourth-order valence-corrected chi connectivity index (χ4v) is 3.23. The van der Waals surface area contributed by atoms with Crippen LogP contribution in [0.25, 0.3) is 11.3 Å². The van der Waals surface area contributed by atoms with Gasteiger partial charge in [-0.05, 0) is 47.9 Å². The van der Waals surface area contributed by atoms with Crippen LogP contribution in [0.2, 0.25) is 10.0 Å². The van der Waals surface area contributed by atoms with E-state index in [-0.39, 0.29) is 16.8 Å². The highest BCUT2D eigenvalue weighted by molar-refractivity contribution is 7.80. The molecule has 0 saturated heterocycles. The van der Waals surface area contributed by atoms with E-state index in [0.29, 0.717) is 26.2 Å². The van der Waals surface area contributed by atoms with Gasteiger partial charge in [0, 0.05) is 5.56 Å². The number of amides is 2. The summed E-state index contributed by atoms with van der Waals surface area (Å²) in [5.74, 6) is -0.535. The van der Waals surface area contributed by atoms with Crippen molar-refractivity contribution >= 4 is 63.7 Å². The van der Waals surface area contributed by atoms with Crippen molar-refractivity contribution in [1.82, 2.24) is 16.2 Å². The van der Waals surface area contributed by atoms with Crippen LogP contribution < -0.4 is 16.2 Å². The first kappa shape index (κ1) is 19.4. The molecule has 10 heteroatoms. The molecule has 6 nitrogen and oxygen atoms in total. The molecule has 1 aromatic carbocycles. The molecule has 0 unspecified atom stereocenters. The maximum Gasteiger partial charge on any atom is 0.293 e. The van der Waals surface area contributed by atoms with Crippen molar-refractivity contribution in [2.24, 2.45) is 0 Å². The Bertz CT molecular complexity index is 1000. The summed E-state index contributed by atoms with van der Waals surface area (Å²) in [6.07, 6.45) is 0. The number of carbonyl (C=O) groups is 2. The van der Waals surface area contributed by atoms with Gasteiger partial charge < -0.3 is 4.42 Å². The predicted molar refractivity (Wildman–Crippen MR) is 109 cm³/mol. The number of rotatable bonds is 3. The molecule has 0 spiro atoms. The van der Waals surface area contributed by atoms with Gasteiger partial charge in [0.25, 0.3) is 11.8 Å². The minimum atomic E-state index is -0.581. The summed E-state index contributed by atoms with van der Waals surface area (Å²) in [6, 6.07) is 11.6. The summed E-state index contributed by atoms with van der Waals surface area (Å²) in [6.45, 7) is 0. The van der Waals surface area contributed by atoms with Crippen molar-refractivity contribution in [1.29, 1.82) is 0 Å². The molecule has 27 heavy (non-hydrogen) atoms. The van der Waals surface area contributed by atoms with Gasteiger partial charge in [-0.25, -0.2) is 0 Å². The Labute approximate surface area is 173 Å². The van der Waals surface area contributed by atoms with E-state index < -0.39 is 5.91 Å². The van der Waals surface area contributed by atoms with Crippen LogP contribution in [-0.2, 0) is 0 Å². The van der Waals surface area contributed by atoms with E-state index in [1.807, 2.05) is 0 Å². The smallest absolute Gasteiger partial charge is 0.293 e. The quantitative estimate of drug-likeness (QED) is 0.419. The molecule has 3 N–H and O–H groups in total. The number of hydrazine groups is 1. The average molecular weight is 440 g/mol. The van der Waals surface area contributed by atoms with Crippen LogP contribution in [0.3, 0.4) is 0 Å². The Morgan fingerprint density at radius 1 is 1.00 bits per heavy atom. The highest BCUT2D eigenvalue weighted by Gasteiger charge is 2.16. The highest BCUT2D eigenvalue weighted by atomic mass is 35.5. The summed E-state index contributed by atoms with van der Waals surface area (Å²) in [5, 5.41) is 4.80. The number of halogens is 2. The molecule has 0 atom stereocenters. The SMILES string of the molecule is O=C(NC(=S)NNC(=O)c1cccs1)c1ccc(-c2cccc(Cl)c2Cl)o1. The number of thiocarbonyl (C=S) groups is 1. The predicted octanol–water partition coefficient (Wildman–Crippen LogP) is 4.26. The molecule has 3 aromatic rings. The first-order chi connectivity index (χ1) is 13.0. The Hall–Kier alpha value is -2.39. The lowest BCUT2D eigenvalue weighted by molar-refractivity contribution is 0.0929. The topological polar surface area (TPSA) is 83.4 Å². The molecule has 0 aliphatic heterocycles. The Balaban J connectivity index is 1.60. The standard InChI is InChI=1S/C17H11Cl2N3O3S2/c18-10-4-1-3-9(14(10)19)11-6-7-12(25-11)15(23)20-17(26)22-21-16(24)13-5-2-8-27-13/h1-8H,(H,21,24)(H2,20,22,23,26). The number of furan rings is 1. The largest absolute Gasteiger partial charge is 0.451 e. The molecule has 0 aliphatic rings. The van der Waals surface area contributed by atoms with E-state index in [4.69, 9.17) is 39.8 Å². The lowest BCUT2D eigenvalue weighted by Gasteiger charge is -2.09. The molecule has 138 valence electrons. The van der Waals surface area contributed by atoms with Crippen LogP contribution in [0.5, 0.6) is 0 Å². The second-order valence-corrected chi connectivity index (χ2v) is 7.25. The van der Waals surface area contributed by atoms with Crippen LogP contribution >= 0.6 is 46.8 Å². The van der Waals surface area contributed by atoms with Gasteiger partial charge in [-0.1, -0.05) is 35.3 Å². The van der Waals surface area contributed by atoms with Crippen molar-refractivity contribution < 1.29 is 14.0 Å². The zero-order valence-electron chi connectivity index (χ0n) is 13.4. The summed E-state index contributed by atoms with van der Waals surface area (Å²) >= 11 is 18.4. The van der Waals surface area contributed by atoms with Crippen LogP contribution in [0.4, 0.5) is 0 Å². The van der Waals surface area contributed by atoms with Crippen molar-refractivity contribution in [2.45, 2.75) is 0 Å². The van der Waals surface area contributed by atoms with E-state index in [9.17, 15) is 9.59 Å². The molecule has 2 aromatic heterocycles. The van der Waals surface area contributed by atoms with Gasteiger partial charge >= 0.3 is 0 Å². The molecule has 0 aliphatic carbocycles. The normalized spacial score (nSPS) is 10.3. The molecule has 0 bridgehead atoms. The maximum atomic E-state index is 12.2. The second-order valence-electron chi connectivity index (χ2n) is 5.10. The Kier molecular flexibility index (Phi) is 6.12. The maximum absolute atomic E-state index is 12.2. The highest BCUT2D eigenvalue weighted by Crippen LogP contribution is 2.34. The van der Waals surface area contributed by atoms with Crippen molar-refractivity contribution in [2.75, 3.05) is 0 Å². The molecular weight excluding hydrogens is 429 g/mol.